The van der Waals surface area contributed by atoms with E-state index in [9.17, 15) is 57.5 Å². The van der Waals surface area contributed by atoms with Crippen LogP contribution in [0.5, 0.6) is 0 Å². The number of carboxylic acid groups (broad SMARTS) is 12. The molecule has 24 nitrogen and oxygen atoms in total. The molecule has 0 spiro atoms. The molecule has 0 rings (SSSR count). The molecule has 129 heavy (non-hydrogen) atoms. The minimum absolute atomic E-state index is 0. The van der Waals surface area contributed by atoms with Gasteiger partial charge in [-0.15, -0.1) is 0 Å². The summed E-state index contributed by atoms with van der Waals surface area (Å²) in [4.78, 5) is 124. The van der Waals surface area contributed by atoms with E-state index in [1.807, 2.05) is 62.3 Å². The van der Waals surface area contributed by atoms with Crippen LogP contribution >= 0.6 is 0 Å². The van der Waals surface area contributed by atoms with Crippen molar-refractivity contribution in [2.24, 2.45) is 76.9 Å². The third-order valence-electron chi connectivity index (χ3n) is 19.5. The quantitative estimate of drug-likeness (QED) is 0.0252. The van der Waals surface area contributed by atoms with Crippen LogP contribution in [0.25, 0.3) is 0 Å². The molecular weight excluding hydrogens is 2150 g/mol. The van der Waals surface area contributed by atoms with Crippen LogP contribution in [0, 0.1) is 76.9 Å². The molecule has 0 aromatic carbocycles. The summed E-state index contributed by atoms with van der Waals surface area (Å²) < 4.78 is 0. The second kappa shape index (κ2) is 149. The predicted octanol–water partition coefficient (Wildman–Crippen LogP) is 24.6. The average Bonchev–Trinajstić information content (AvgIpc) is 1.01. The van der Waals surface area contributed by atoms with Gasteiger partial charge >= 0.3 is 132 Å². The van der Waals surface area contributed by atoms with Crippen LogP contribution < -0.4 is 0 Å². The normalized spacial score (nSPS) is 11.4. The van der Waals surface area contributed by atoms with Gasteiger partial charge in [0.25, 0.3) is 0 Å². The fourth-order valence-electron chi connectivity index (χ4n) is 10.4. The molecule has 0 aliphatic rings. The topological polar surface area (TPSA) is 448 Å². The SMILES string of the molecule is CC(C)C(=O)O.CC(C)CCC(C)CCC(=O)O.CC(C)CCCC(=O)O.CCCCC(CC)C(=O)O.CCCCC(CC)C(=O)O.CCCCC(CC)C(=O)O.CCCCC(CC)C(=O)O.CCCCC(CC)C(=O)O.CCCCC(CC)C(=O)O.CCCCC(CC)C(=O)O.CCCCC(CC)C(=O)O.CCCCC(CC)C(=O)O.[AlH3].[Ca+2].[Co].[Cu].[Fe].[Fe].[H-].[H-].[H-].[H-].[Mg+2].[Ni].[Zn].[Zn].[Zn].[Zn]. The number of hydrogen-bond acceptors (Lipinski definition) is 12. The van der Waals surface area contributed by atoms with Gasteiger partial charge in [0.15, 0.2) is 17.4 Å². The monoisotopic (exact) mass is 2330 g/mol. The van der Waals surface area contributed by atoms with Crippen molar-refractivity contribution in [3.8, 4) is 0 Å². The first-order valence-electron chi connectivity index (χ1n) is 45.5. The van der Waals surface area contributed by atoms with Crippen LogP contribution in [0.3, 0.4) is 0 Å². The maximum absolute atomic E-state index is 10.4. The summed E-state index contributed by atoms with van der Waals surface area (Å²) >= 11 is 0. The van der Waals surface area contributed by atoms with Crippen LogP contribution in [0.15, 0.2) is 0 Å². The zero-order valence-electron chi connectivity index (χ0n) is 89.1. The Balaban J connectivity index is -0.0000000345. The minimum atomic E-state index is -0.741. The van der Waals surface area contributed by atoms with Crippen molar-refractivity contribution in [3.05, 3.63) is 0 Å². The third kappa shape index (κ3) is 169. The molecule has 12 N–H and O–H groups in total. The zero-order chi connectivity index (χ0) is 93.8. The van der Waals surface area contributed by atoms with Crippen molar-refractivity contribution in [1.82, 2.24) is 0 Å². The van der Waals surface area contributed by atoms with E-state index in [0.717, 1.165) is 263 Å². The maximum atomic E-state index is 10.4. The molecule has 0 bridgehead atoms. The molecule has 0 amide bonds. The van der Waals surface area contributed by atoms with Gasteiger partial charge < -0.3 is 67.0 Å². The van der Waals surface area contributed by atoms with Gasteiger partial charge in [-0.1, -0.05) is 308 Å². The van der Waals surface area contributed by atoms with Gasteiger partial charge in [0.1, 0.15) is 0 Å². The van der Waals surface area contributed by atoms with E-state index >= 15 is 0 Å². The molecule has 0 aliphatic carbocycles. The van der Waals surface area contributed by atoms with E-state index in [-0.39, 0.29) is 305 Å². The van der Waals surface area contributed by atoms with E-state index in [4.69, 9.17) is 61.3 Å². The molecule has 10 atom stereocenters. The number of rotatable bonds is 56. The minimum Gasteiger partial charge on any atom is -1.00 e. The third-order valence-corrected chi connectivity index (χ3v) is 19.5. The Hall–Kier alpha value is 1.25. The Morgan fingerprint density at radius 1 is 0.233 bits per heavy atom. The first-order valence-corrected chi connectivity index (χ1v) is 45.5. The fourth-order valence-corrected chi connectivity index (χ4v) is 10.4. The Labute approximate surface area is 952 Å². The Bertz CT molecular complexity index is 2020. The molecule has 2 radical (unpaired) electrons. The van der Waals surface area contributed by atoms with Gasteiger partial charge in [-0.3, -0.25) is 57.5 Å². The maximum Gasteiger partial charge on any atom is 2.00 e. The number of carbonyl (C=O) groups is 12. The molecule has 770 valence electrons. The molecule has 0 heterocycles. The van der Waals surface area contributed by atoms with Crippen LogP contribution in [-0.2, 0) is 220 Å². The smallest absolute Gasteiger partial charge is 1.00 e. The standard InChI is InChI=1S/C10H20O2.9C8H16O2.C7H14O2.C4H8O2.Al.Ca.Co.Cu.2Fe.Mg.Ni.4Zn.7H/c1-8(2)4-5-9(3)6-7-10(11)12;9*1-3-5-6-7(4-2)8(9)10;1-6(2)4-3-5-7(8)9;1-3(2)4(5)6;;;;;;;;;;;;;;;;;;;/h8-9H,4-7H2,1-3H3,(H,11,12);9*7H,3-6H2,1-2H3,(H,9,10);6H,3-5H2,1-2H3,(H,8,9);3H,1-2H3,(H,5,6);;;;;;;;;;;;;;;;;;;/q;;;;;;;;;;;;;+2;;;;;+2;;;;;;;;;4*-1. The van der Waals surface area contributed by atoms with Crippen molar-refractivity contribution in [1.29, 1.82) is 0 Å². The first-order chi connectivity index (χ1) is 54.8. The summed E-state index contributed by atoms with van der Waals surface area (Å²) in [5.41, 5.74) is 0. The molecule has 10 unspecified atom stereocenters. The number of hydrogen-bond donors (Lipinski definition) is 12. The summed E-state index contributed by atoms with van der Waals surface area (Å²) in [6.45, 7) is 50.0. The summed E-state index contributed by atoms with van der Waals surface area (Å²) in [6, 6.07) is 0. The van der Waals surface area contributed by atoms with Gasteiger partial charge in [-0.2, -0.15) is 0 Å². The second-order valence-electron chi connectivity index (χ2n) is 31.5. The molecule has 0 fully saturated rings. The Morgan fingerprint density at radius 3 is 0.450 bits per heavy atom. The predicted molar refractivity (Wildman–Crippen MR) is 503 cm³/mol. The number of aliphatic carboxylic acids is 12. The van der Waals surface area contributed by atoms with E-state index in [0.29, 0.717) is 24.7 Å². The van der Waals surface area contributed by atoms with Gasteiger partial charge in [-0.25, -0.2) is 0 Å². The molecule has 36 heteroatoms. The summed E-state index contributed by atoms with van der Waals surface area (Å²) in [6.07, 6.45) is 39.1. The second-order valence-corrected chi connectivity index (χ2v) is 31.5. The van der Waals surface area contributed by atoms with Crippen molar-refractivity contribution in [3.63, 3.8) is 0 Å². The average molecular weight is 2340 g/mol. The molecule has 0 aromatic heterocycles. The van der Waals surface area contributed by atoms with E-state index < -0.39 is 71.6 Å². The largest absolute Gasteiger partial charge is 2.00 e. The van der Waals surface area contributed by atoms with Crippen LogP contribution in [0.1, 0.15) is 455 Å². The zero-order valence-corrected chi connectivity index (χ0v) is 106. The van der Waals surface area contributed by atoms with Crippen LogP contribution in [0.2, 0.25) is 0 Å². The van der Waals surface area contributed by atoms with Crippen molar-refractivity contribution < 1.29 is 287 Å². The van der Waals surface area contributed by atoms with Gasteiger partial charge in [-0.05, 0) is 146 Å². The summed E-state index contributed by atoms with van der Waals surface area (Å²) in [5.74, 6) is -7.19. The number of unbranched alkanes of at least 4 members (excludes halogenated alkanes) is 9. The Kier molecular flexibility index (Phi) is 223. The van der Waals surface area contributed by atoms with E-state index in [1.54, 1.807) is 13.8 Å². The van der Waals surface area contributed by atoms with Gasteiger partial charge in [0, 0.05) is 175 Å². The summed E-state index contributed by atoms with van der Waals surface area (Å²) in [7, 11) is 0. The van der Waals surface area contributed by atoms with Crippen molar-refractivity contribution in [2.75, 3.05) is 0 Å². The molecule has 0 aliphatic heterocycles. The van der Waals surface area contributed by atoms with Gasteiger partial charge in [0.05, 0.1) is 59.2 Å². The van der Waals surface area contributed by atoms with E-state index in [1.165, 1.54) is 6.42 Å². The summed E-state index contributed by atoms with van der Waals surface area (Å²) in [5, 5.41) is 102. The van der Waals surface area contributed by atoms with E-state index in [2.05, 4.69) is 96.9 Å². The van der Waals surface area contributed by atoms with Crippen LogP contribution in [-0.4, -0.2) is 211 Å². The first kappa shape index (κ1) is 193. The fraction of sp³-hybridized carbons (Fsp3) is 0.871. The van der Waals surface area contributed by atoms with Crippen molar-refractivity contribution in [2.45, 2.75) is 449 Å². The van der Waals surface area contributed by atoms with Gasteiger partial charge in [0.2, 0.25) is 0 Å². The number of carboxylic acids is 12. The molecular formula is C93H193AlCaCoCuFe2MgNiO24Zn4. The molecule has 0 saturated carbocycles. The van der Waals surface area contributed by atoms with Crippen LogP contribution in [0.4, 0.5) is 0 Å². The Morgan fingerprint density at radius 2 is 0.364 bits per heavy atom. The molecule has 0 aromatic rings. The van der Waals surface area contributed by atoms with Crippen molar-refractivity contribution >= 4 is 150 Å². The molecule has 0 saturated heterocycles.